The third kappa shape index (κ3) is 2.03. The molecule has 2 N–H and O–H groups in total. The number of para-hydroxylation sites is 1. The topological polar surface area (TPSA) is 51.8 Å². The fourth-order valence-corrected chi connectivity index (χ4v) is 1.48. The van der Waals surface area contributed by atoms with Gasteiger partial charge in [-0.25, -0.2) is 9.97 Å². The molecule has 2 rings (SSSR count). The van der Waals surface area contributed by atoms with Crippen LogP contribution in [-0.2, 0) is 0 Å². The van der Waals surface area contributed by atoms with Crippen LogP contribution in [0.2, 0.25) is 0 Å². The predicted molar refractivity (Wildman–Crippen MR) is 66.0 cm³/mol. The van der Waals surface area contributed by atoms with E-state index in [4.69, 9.17) is 5.73 Å². The summed E-state index contributed by atoms with van der Waals surface area (Å²) in [5.74, 6) is 1.13. The Kier molecular flexibility index (Phi) is 2.86. The predicted octanol–water partition coefficient (Wildman–Crippen LogP) is 2.85. The minimum atomic E-state index is 0.446. The lowest BCUT2D eigenvalue weighted by Crippen LogP contribution is -1.96. The van der Waals surface area contributed by atoms with Crippen molar-refractivity contribution in [3.05, 3.63) is 42.2 Å². The summed E-state index contributed by atoms with van der Waals surface area (Å²) in [6.45, 7) is 4.24. The molecule has 0 atom stereocenters. The second-order valence-corrected chi connectivity index (χ2v) is 4.08. The number of anilines is 1. The molecule has 82 valence electrons. The molecule has 3 heteroatoms. The van der Waals surface area contributed by atoms with Crippen molar-refractivity contribution in [2.75, 3.05) is 5.73 Å². The number of nitrogens with zero attached hydrogens (tertiary/aromatic N) is 2. The van der Waals surface area contributed by atoms with Gasteiger partial charge in [0.2, 0.25) is 0 Å². The van der Waals surface area contributed by atoms with E-state index >= 15 is 0 Å². The molecule has 0 bridgehead atoms. The zero-order valence-electron chi connectivity index (χ0n) is 9.51. The number of hydrogen-bond donors (Lipinski definition) is 1. The van der Waals surface area contributed by atoms with Crippen molar-refractivity contribution < 1.29 is 0 Å². The van der Waals surface area contributed by atoms with Crippen LogP contribution in [0.3, 0.4) is 0 Å². The van der Waals surface area contributed by atoms with Crippen LogP contribution in [0, 0.1) is 0 Å². The SMILES string of the molecule is CC(C)c1cnc(-c2ccccc2N)nc1. The van der Waals surface area contributed by atoms with Gasteiger partial charge in [0.15, 0.2) is 5.82 Å². The van der Waals surface area contributed by atoms with Crippen LogP contribution < -0.4 is 5.73 Å². The Balaban J connectivity index is 2.39. The summed E-state index contributed by atoms with van der Waals surface area (Å²) in [5, 5.41) is 0. The maximum absolute atomic E-state index is 5.87. The van der Waals surface area contributed by atoms with Gasteiger partial charge < -0.3 is 5.73 Å². The Hall–Kier alpha value is -1.90. The molecule has 0 aliphatic heterocycles. The van der Waals surface area contributed by atoms with Crippen LogP contribution in [-0.4, -0.2) is 9.97 Å². The zero-order valence-corrected chi connectivity index (χ0v) is 9.51. The monoisotopic (exact) mass is 213 g/mol. The third-order valence-corrected chi connectivity index (χ3v) is 2.54. The molecule has 1 aromatic heterocycles. The Morgan fingerprint density at radius 2 is 1.69 bits per heavy atom. The van der Waals surface area contributed by atoms with E-state index in [9.17, 15) is 0 Å². The highest BCUT2D eigenvalue weighted by atomic mass is 14.9. The van der Waals surface area contributed by atoms with Gasteiger partial charge in [0, 0.05) is 23.6 Å². The molecule has 0 aliphatic rings. The van der Waals surface area contributed by atoms with Crippen LogP contribution in [0.15, 0.2) is 36.7 Å². The second kappa shape index (κ2) is 4.31. The van der Waals surface area contributed by atoms with E-state index in [1.54, 1.807) is 0 Å². The first kappa shape index (κ1) is 10.6. The van der Waals surface area contributed by atoms with Crippen LogP contribution in [0.5, 0.6) is 0 Å². The van der Waals surface area contributed by atoms with E-state index in [2.05, 4.69) is 23.8 Å². The number of nitrogen functional groups attached to an aromatic ring is 1. The minimum absolute atomic E-state index is 0.446. The van der Waals surface area contributed by atoms with Crippen molar-refractivity contribution in [2.24, 2.45) is 0 Å². The van der Waals surface area contributed by atoms with E-state index in [0.29, 0.717) is 17.4 Å². The van der Waals surface area contributed by atoms with E-state index in [1.807, 2.05) is 36.7 Å². The van der Waals surface area contributed by atoms with Crippen LogP contribution in [0.4, 0.5) is 5.69 Å². The highest BCUT2D eigenvalue weighted by molar-refractivity contribution is 5.70. The van der Waals surface area contributed by atoms with Gasteiger partial charge in [0.25, 0.3) is 0 Å². The lowest BCUT2D eigenvalue weighted by Gasteiger charge is -2.06. The first-order valence-electron chi connectivity index (χ1n) is 5.35. The standard InChI is InChI=1S/C13H15N3/c1-9(2)10-7-15-13(16-8-10)11-5-3-4-6-12(11)14/h3-9H,14H2,1-2H3. The number of rotatable bonds is 2. The van der Waals surface area contributed by atoms with Crippen molar-refractivity contribution in [3.63, 3.8) is 0 Å². The van der Waals surface area contributed by atoms with Crippen LogP contribution in [0.1, 0.15) is 25.3 Å². The van der Waals surface area contributed by atoms with Gasteiger partial charge in [0.05, 0.1) is 0 Å². The Morgan fingerprint density at radius 3 is 2.25 bits per heavy atom. The third-order valence-electron chi connectivity index (χ3n) is 2.54. The lowest BCUT2D eigenvalue weighted by atomic mass is 10.1. The first-order chi connectivity index (χ1) is 7.68. The molecule has 1 aromatic carbocycles. The van der Waals surface area contributed by atoms with Crippen molar-refractivity contribution in [3.8, 4) is 11.4 Å². The van der Waals surface area contributed by atoms with Crippen molar-refractivity contribution in [2.45, 2.75) is 19.8 Å². The summed E-state index contributed by atoms with van der Waals surface area (Å²) < 4.78 is 0. The van der Waals surface area contributed by atoms with E-state index in [1.165, 1.54) is 0 Å². The highest BCUT2D eigenvalue weighted by Crippen LogP contribution is 2.22. The number of hydrogen-bond acceptors (Lipinski definition) is 3. The quantitative estimate of drug-likeness (QED) is 0.780. The first-order valence-corrected chi connectivity index (χ1v) is 5.35. The average molecular weight is 213 g/mol. The molecule has 2 aromatic rings. The highest BCUT2D eigenvalue weighted by Gasteiger charge is 2.05. The van der Waals surface area contributed by atoms with Crippen LogP contribution in [0.25, 0.3) is 11.4 Å². The summed E-state index contributed by atoms with van der Waals surface area (Å²) >= 11 is 0. The average Bonchev–Trinajstić information content (AvgIpc) is 2.30. The van der Waals surface area contributed by atoms with Gasteiger partial charge in [0.1, 0.15) is 0 Å². The molecule has 0 saturated carbocycles. The number of nitrogens with two attached hydrogens (primary N) is 1. The summed E-state index contributed by atoms with van der Waals surface area (Å²) in [6.07, 6.45) is 3.72. The lowest BCUT2D eigenvalue weighted by molar-refractivity contribution is 0.847. The maximum Gasteiger partial charge on any atom is 0.161 e. The maximum atomic E-state index is 5.87. The van der Waals surface area contributed by atoms with Gasteiger partial charge in [-0.05, 0) is 23.6 Å². The second-order valence-electron chi connectivity index (χ2n) is 4.08. The molecule has 0 fully saturated rings. The molecule has 0 spiro atoms. The van der Waals surface area contributed by atoms with Gasteiger partial charge in [-0.3, -0.25) is 0 Å². The van der Waals surface area contributed by atoms with Crippen LogP contribution >= 0.6 is 0 Å². The summed E-state index contributed by atoms with van der Waals surface area (Å²) in [6, 6.07) is 7.63. The van der Waals surface area contributed by atoms with E-state index in [0.717, 1.165) is 11.1 Å². The van der Waals surface area contributed by atoms with Gasteiger partial charge in [-0.1, -0.05) is 26.0 Å². The molecule has 1 heterocycles. The van der Waals surface area contributed by atoms with Crippen molar-refractivity contribution in [1.29, 1.82) is 0 Å². The molecule has 0 saturated heterocycles. The summed E-state index contributed by atoms with van der Waals surface area (Å²) in [7, 11) is 0. The normalized spacial score (nSPS) is 10.7. The van der Waals surface area contributed by atoms with E-state index in [-0.39, 0.29) is 0 Å². The molecule has 0 unspecified atom stereocenters. The smallest absolute Gasteiger partial charge is 0.161 e. The molecule has 0 aliphatic carbocycles. The molecular formula is C13H15N3. The minimum Gasteiger partial charge on any atom is -0.398 e. The number of benzene rings is 1. The van der Waals surface area contributed by atoms with Gasteiger partial charge in [-0.2, -0.15) is 0 Å². The Morgan fingerprint density at radius 1 is 1.06 bits per heavy atom. The molecule has 0 amide bonds. The number of aromatic nitrogens is 2. The summed E-state index contributed by atoms with van der Waals surface area (Å²) in [5.41, 5.74) is 8.60. The Bertz CT molecular complexity index is 475. The fraction of sp³-hybridized carbons (Fsp3) is 0.231. The van der Waals surface area contributed by atoms with Gasteiger partial charge in [-0.15, -0.1) is 0 Å². The molecule has 16 heavy (non-hydrogen) atoms. The Labute approximate surface area is 95.4 Å². The molecule has 3 nitrogen and oxygen atoms in total. The zero-order chi connectivity index (χ0) is 11.5. The molecule has 0 radical (unpaired) electrons. The van der Waals surface area contributed by atoms with E-state index < -0.39 is 0 Å². The van der Waals surface area contributed by atoms with Gasteiger partial charge >= 0.3 is 0 Å². The van der Waals surface area contributed by atoms with Crippen molar-refractivity contribution >= 4 is 5.69 Å². The largest absolute Gasteiger partial charge is 0.398 e. The summed E-state index contributed by atoms with van der Waals surface area (Å²) in [4.78, 5) is 8.68. The fourth-order valence-electron chi connectivity index (χ4n) is 1.48. The molecular weight excluding hydrogens is 198 g/mol. The van der Waals surface area contributed by atoms with Crippen molar-refractivity contribution in [1.82, 2.24) is 9.97 Å².